The molecule has 0 saturated heterocycles. The van der Waals surface area contributed by atoms with Gasteiger partial charge in [0, 0.05) is 7.05 Å². The van der Waals surface area contributed by atoms with Crippen LogP contribution in [-0.2, 0) is 24.0 Å². The van der Waals surface area contributed by atoms with Crippen LogP contribution in [0.4, 0.5) is 0 Å². The maximum absolute atomic E-state index is 13.4. The first-order chi connectivity index (χ1) is 17.5. The topological polar surface area (TPSA) is 149 Å². The molecule has 0 fully saturated rings. The third-order valence-corrected chi connectivity index (χ3v) is 6.49. The maximum atomic E-state index is 13.4. The number of nitrogens with zero attached hydrogens (tertiary/aromatic N) is 1. The molecule has 0 aromatic heterocycles. The van der Waals surface area contributed by atoms with E-state index in [-0.39, 0.29) is 36.0 Å². The first-order valence-corrected chi connectivity index (χ1v) is 13.5. The Morgan fingerprint density at radius 2 is 1.34 bits per heavy atom. The molecule has 220 valence electrons. The molecule has 0 spiro atoms. The Kier molecular flexibility index (Phi) is 14.9. The number of rotatable bonds is 18. The molecule has 38 heavy (non-hydrogen) atoms. The molecule has 0 aliphatic heterocycles. The van der Waals surface area contributed by atoms with Crippen LogP contribution < -0.4 is 26.6 Å². The summed E-state index contributed by atoms with van der Waals surface area (Å²) in [4.78, 5) is 65.2. The predicted molar refractivity (Wildman–Crippen MR) is 149 cm³/mol. The van der Waals surface area contributed by atoms with Gasteiger partial charge in [-0.15, -0.1) is 0 Å². The first-order valence-electron chi connectivity index (χ1n) is 13.5. The van der Waals surface area contributed by atoms with Gasteiger partial charge < -0.3 is 21.3 Å². The van der Waals surface area contributed by atoms with E-state index >= 15 is 0 Å². The van der Waals surface area contributed by atoms with Crippen LogP contribution in [0, 0.1) is 17.8 Å². The lowest BCUT2D eigenvalue weighted by Crippen LogP contribution is -2.70. The van der Waals surface area contributed by atoms with Gasteiger partial charge in [0.25, 0.3) is 0 Å². The number of amides is 3. The third kappa shape index (κ3) is 10.8. The van der Waals surface area contributed by atoms with E-state index in [0.29, 0.717) is 25.4 Å². The molecular formula is C27H52N6O5. The number of carbonyl (C=O) groups excluding carboxylic acids is 5. The zero-order chi connectivity index (χ0) is 29.8. The van der Waals surface area contributed by atoms with E-state index in [0.717, 1.165) is 0 Å². The molecule has 0 aromatic rings. The number of nitrogens with one attached hydrogen (secondary N) is 5. The van der Waals surface area contributed by atoms with Crippen molar-refractivity contribution in [2.75, 3.05) is 21.1 Å². The Hall–Kier alpha value is -2.37. The van der Waals surface area contributed by atoms with Crippen molar-refractivity contribution in [1.82, 2.24) is 31.5 Å². The summed E-state index contributed by atoms with van der Waals surface area (Å²) in [7, 11) is 4.86. The highest BCUT2D eigenvalue weighted by Crippen LogP contribution is 2.24. The second-order valence-electron chi connectivity index (χ2n) is 11.6. The van der Waals surface area contributed by atoms with Gasteiger partial charge in [-0.1, -0.05) is 41.5 Å². The first kappa shape index (κ1) is 35.6. The van der Waals surface area contributed by atoms with E-state index in [1.807, 2.05) is 41.5 Å². The van der Waals surface area contributed by atoms with Crippen molar-refractivity contribution < 1.29 is 24.0 Å². The van der Waals surface area contributed by atoms with E-state index in [9.17, 15) is 24.0 Å². The molecule has 5 N–H and O–H groups in total. The van der Waals surface area contributed by atoms with Crippen LogP contribution in [0.2, 0.25) is 0 Å². The molecule has 5 unspecified atom stereocenters. The Balaban J connectivity index is 5.98. The fraction of sp³-hybridized carbons (Fsp3) is 0.815. The summed E-state index contributed by atoms with van der Waals surface area (Å²) in [5.74, 6) is -0.766. The summed E-state index contributed by atoms with van der Waals surface area (Å²) < 4.78 is 0. The summed E-state index contributed by atoms with van der Waals surface area (Å²) in [6.07, 6.45) is 2.51. The highest BCUT2D eigenvalue weighted by molar-refractivity contribution is 5.89. The van der Waals surface area contributed by atoms with E-state index in [4.69, 9.17) is 0 Å². The second kappa shape index (κ2) is 15.9. The van der Waals surface area contributed by atoms with Gasteiger partial charge >= 0.3 is 0 Å². The SMILES string of the molecule is CNC(=O)C(CC(C)C)N(C)C(C=O)(CC(C)C)NC(=O)C(C)NC(C)(C=O)NC(=O)C(CC(C)C)NC. The molecule has 11 nitrogen and oxygen atoms in total. The van der Waals surface area contributed by atoms with Crippen molar-refractivity contribution in [3.05, 3.63) is 0 Å². The monoisotopic (exact) mass is 540 g/mol. The molecule has 0 rings (SSSR count). The normalized spacial score (nSPS) is 17.3. The van der Waals surface area contributed by atoms with Gasteiger partial charge in [-0.2, -0.15) is 0 Å². The van der Waals surface area contributed by atoms with Gasteiger partial charge in [0.05, 0.1) is 18.1 Å². The Bertz CT molecular complexity index is 805. The van der Waals surface area contributed by atoms with Gasteiger partial charge in [-0.3, -0.25) is 34.2 Å². The second-order valence-corrected chi connectivity index (χ2v) is 11.6. The molecular weight excluding hydrogens is 488 g/mol. The van der Waals surface area contributed by atoms with Gasteiger partial charge in [-0.25, -0.2) is 0 Å². The minimum Gasteiger partial charge on any atom is -0.358 e. The molecule has 0 radical (unpaired) electrons. The molecule has 0 heterocycles. The number of hydrogen-bond acceptors (Lipinski definition) is 8. The van der Waals surface area contributed by atoms with Crippen molar-refractivity contribution in [3.8, 4) is 0 Å². The minimum absolute atomic E-state index is 0.00886. The van der Waals surface area contributed by atoms with Crippen molar-refractivity contribution >= 4 is 30.3 Å². The average molecular weight is 541 g/mol. The number of carbonyl (C=O) groups is 5. The molecule has 3 amide bonds. The van der Waals surface area contributed by atoms with Gasteiger partial charge in [0.15, 0.2) is 18.2 Å². The van der Waals surface area contributed by atoms with E-state index in [1.54, 1.807) is 25.9 Å². The van der Waals surface area contributed by atoms with Crippen LogP contribution in [0.15, 0.2) is 0 Å². The fourth-order valence-corrected chi connectivity index (χ4v) is 4.51. The zero-order valence-electron chi connectivity index (χ0n) is 25.2. The minimum atomic E-state index is -1.53. The van der Waals surface area contributed by atoms with Crippen molar-refractivity contribution in [1.29, 1.82) is 0 Å². The quantitative estimate of drug-likeness (QED) is 0.127. The zero-order valence-corrected chi connectivity index (χ0v) is 25.2. The molecule has 11 heteroatoms. The lowest BCUT2D eigenvalue weighted by atomic mass is 9.92. The van der Waals surface area contributed by atoms with Gasteiger partial charge in [0.2, 0.25) is 17.7 Å². The average Bonchev–Trinajstić information content (AvgIpc) is 2.83. The molecule has 0 aliphatic carbocycles. The fourth-order valence-electron chi connectivity index (χ4n) is 4.51. The van der Waals surface area contributed by atoms with Crippen LogP contribution in [-0.4, -0.2) is 85.8 Å². The molecule has 0 bridgehead atoms. The third-order valence-electron chi connectivity index (χ3n) is 6.49. The highest BCUT2D eigenvalue weighted by atomic mass is 16.2. The Labute approximate surface area is 229 Å². The predicted octanol–water partition coefficient (Wildman–Crippen LogP) is 0.780. The van der Waals surface area contributed by atoms with E-state index in [1.165, 1.54) is 14.0 Å². The summed E-state index contributed by atoms with van der Waals surface area (Å²) in [6, 6.07) is -2.14. The van der Waals surface area contributed by atoms with Crippen LogP contribution in [0.1, 0.15) is 74.7 Å². The van der Waals surface area contributed by atoms with Crippen molar-refractivity contribution in [2.24, 2.45) is 17.8 Å². The molecule has 0 saturated carbocycles. The molecule has 0 aromatic carbocycles. The standard InChI is InChI=1S/C27H52N6O5/c1-17(2)12-21(28-9)24(37)31-26(8,15-34)30-20(7)23(36)32-27(16-35,14-19(5)6)33(11)22(13-18(3)4)25(38)29-10/h15-22,28,30H,12-14H2,1-11H3,(H,29,38)(H,31,37)(H,32,36). The Morgan fingerprint density at radius 3 is 1.74 bits per heavy atom. The summed E-state index contributed by atoms with van der Waals surface area (Å²) >= 11 is 0. The molecule has 0 aliphatic rings. The Morgan fingerprint density at radius 1 is 0.789 bits per heavy atom. The largest absolute Gasteiger partial charge is 0.358 e. The van der Waals surface area contributed by atoms with Crippen LogP contribution >= 0.6 is 0 Å². The van der Waals surface area contributed by atoms with E-state index < -0.39 is 35.4 Å². The summed E-state index contributed by atoms with van der Waals surface area (Å²) in [5, 5.41) is 14.0. The van der Waals surface area contributed by atoms with Gasteiger partial charge in [-0.05, 0) is 65.0 Å². The highest BCUT2D eigenvalue weighted by Gasteiger charge is 2.43. The summed E-state index contributed by atoms with van der Waals surface area (Å²) in [6.45, 7) is 14.8. The maximum Gasteiger partial charge on any atom is 0.238 e. The number of hydrogen-bond donors (Lipinski definition) is 5. The lowest BCUT2D eigenvalue weighted by molar-refractivity contribution is -0.141. The smallest absolute Gasteiger partial charge is 0.238 e. The van der Waals surface area contributed by atoms with E-state index in [2.05, 4.69) is 26.6 Å². The van der Waals surface area contributed by atoms with Gasteiger partial charge in [0.1, 0.15) is 5.66 Å². The number of aldehydes is 2. The lowest BCUT2D eigenvalue weighted by Gasteiger charge is -2.44. The van der Waals surface area contributed by atoms with Crippen molar-refractivity contribution in [3.63, 3.8) is 0 Å². The summed E-state index contributed by atoms with van der Waals surface area (Å²) in [5.41, 5.74) is -3.00. The van der Waals surface area contributed by atoms with Crippen molar-refractivity contribution in [2.45, 2.75) is 104 Å². The molecule has 5 atom stereocenters. The van der Waals surface area contributed by atoms with Crippen LogP contribution in [0.25, 0.3) is 0 Å². The van der Waals surface area contributed by atoms with Crippen LogP contribution in [0.3, 0.4) is 0 Å². The van der Waals surface area contributed by atoms with Crippen LogP contribution in [0.5, 0.6) is 0 Å². The number of likely N-dealkylation sites (N-methyl/N-ethyl adjacent to an activating group) is 3.